The molecule has 0 unspecified atom stereocenters. The maximum absolute atomic E-state index is 12.7. The van der Waals surface area contributed by atoms with E-state index < -0.39 is 11.7 Å². The largest absolute Gasteiger partial charge is 0.416 e. The van der Waals surface area contributed by atoms with E-state index in [1.165, 1.54) is 12.1 Å². The molecule has 2 aromatic carbocycles. The Kier molecular flexibility index (Phi) is 4.18. The number of fused-ring (bicyclic) bond motifs is 1. The number of nitrogens with zero attached hydrogens (tertiary/aromatic N) is 4. The van der Waals surface area contributed by atoms with E-state index in [0.717, 1.165) is 23.5 Å². The SMILES string of the molecule is O=C(c1ccc(C(F)(F)F)cc1)N1CCn2c(nnc2-c2ccccc2)C1. The molecule has 0 fully saturated rings. The molecule has 27 heavy (non-hydrogen) atoms. The van der Waals surface area contributed by atoms with Crippen LogP contribution in [0.3, 0.4) is 0 Å². The number of hydrogen-bond donors (Lipinski definition) is 0. The van der Waals surface area contributed by atoms with Gasteiger partial charge in [0.2, 0.25) is 0 Å². The summed E-state index contributed by atoms with van der Waals surface area (Å²) in [6.45, 7) is 1.23. The summed E-state index contributed by atoms with van der Waals surface area (Å²) < 4.78 is 40.0. The first-order valence-electron chi connectivity index (χ1n) is 8.37. The summed E-state index contributed by atoms with van der Waals surface area (Å²) in [6, 6.07) is 13.9. The van der Waals surface area contributed by atoms with Crippen LogP contribution in [0.2, 0.25) is 0 Å². The molecule has 1 aromatic heterocycles. The Hall–Kier alpha value is -3.16. The Labute approximate surface area is 153 Å². The van der Waals surface area contributed by atoms with E-state index in [0.29, 0.717) is 18.9 Å². The Morgan fingerprint density at radius 2 is 1.63 bits per heavy atom. The van der Waals surface area contributed by atoms with Gasteiger partial charge in [0.25, 0.3) is 5.91 Å². The van der Waals surface area contributed by atoms with Crippen LogP contribution in [-0.4, -0.2) is 32.1 Å². The van der Waals surface area contributed by atoms with Gasteiger partial charge in [0.15, 0.2) is 11.6 Å². The molecule has 1 aliphatic heterocycles. The van der Waals surface area contributed by atoms with Gasteiger partial charge in [-0.2, -0.15) is 13.2 Å². The monoisotopic (exact) mass is 372 g/mol. The number of carbonyl (C=O) groups is 1. The molecule has 0 N–H and O–H groups in total. The van der Waals surface area contributed by atoms with Crippen molar-refractivity contribution in [2.24, 2.45) is 0 Å². The molecule has 4 rings (SSSR count). The number of carbonyl (C=O) groups excluding carboxylic acids is 1. The van der Waals surface area contributed by atoms with Crippen LogP contribution >= 0.6 is 0 Å². The lowest BCUT2D eigenvalue weighted by Crippen LogP contribution is -2.38. The quantitative estimate of drug-likeness (QED) is 0.690. The highest BCUT2D eigenvalue weighted by Crippen LogP contribution is 2.29. The molecule has 3 aromatic rings. The lowest BCUT2D eigenvalue weighted by Gasteiger charge is -2.28. The molecular formula is C19H15F3N4O. The average Bonchev–Trinajstić information content (AvgIpc) is 3.11. The molecule has 0 radical (unpaired) electrons. The first-order chi connectivity index (χ1) is 12.9. The van der Waals surface area contributed by atoms with Crippen molar-refractivity contribution < 1.29 is 18.0 Å². The van der Waals surface area contributed by atoms with E-state index in [1.54, 1.807) is 4.90 Å². The standard InChI is InChI=1S/C19H15F3N4O/c20-19(21,22)15-8-6-14(7-9-15)18(27)25-10-11-26-16(12-25)23-24-17(26)13-4-2-1-3-5-13/h1-9H,10-12H2. The number of alkyl halides is 3. The molecule has 0 saturated heterocycles. The molecule has 0 spiro atoms. The van der Waals surface area contributed by atoms with E-state index in [1.807, 2.05) is 34.9 Å². The second-order valence-corrected chi connectivity index (χ2v) is 6.26. The zero-order valence-corrected chi connectivity index (χ0v) is 14.1. The first-order valence-corrected chi connectivity index (χ1v) is 8.37. The summed E-state index contributed by atoms with van der Waals surface area (Å²) in [4.78, 5) is 14.2. The lowest BCUT2D eigenvalue weighted by molar-refractivity contribution is -0.137. The van der Waals surface area contributed by atoms with Crippen LogP contribution in [0.5, 0.6) is 0 Å². The van der Waals surface area contributed by atoms with Crippen molar-refractivity contribution >= 4 is 5.91 Å². The minimum Gasteiger partial charge on any atom is -0.329 e. The number of amides is 1. The van der Waals surface area contributed by atoms with Crippen LogP contribution in [0.1, 0.15) is 21.7 Å². The van der Waals surface area contributed by atoms with Gasteiger partial charge in [-0.1, -0.05) is 30.3 Å². The maximum atomic E-state index is 12.7. The highest BCUT2D eigenvalue weighted by atomic mass is 19.4. The highest BCUT2D eigenvalue weighted by Gasteiger charge is 2.31. The zero-order valence-electron chi connectivity index (χ0n) is 14.1. The fourth-order valence-corrected chi connectivity index (χ4v) is 3.12. The lowest BCUT2D eigenvalue weighted by atomic mass is 10.1. The summed E-state index contributed by atoms with van der Waals surface area (Å²) in [6.07, 6.45) is -4.42. The predicted octanol–water partition coefficient (Wildman–Crippen LogP) is 3.62. The van der Waals surface area contributed by atoms with Crippen molar-refractivity contribution in [1.29, 1.82) is 0 Å². The van der Waals surface area contributed by atoms with Crippen LogP contribution in [0.4, 0.5) is 13.2 Å². The van der Waals surface area contributed by atoms with Gasteiger partial charge in [-0.05, 0) is 24.3 Å². The fraction of sp³-hybridized carbons (Fsp3) is 0.211. The minimum atomic E-state index is -4.42. The summed E-state index contributed by atoms with van der Waals surface area (Å²) in [5.41, 5.74) is 0.392. The van der Waals surface area contributed by atoms with Gasteiger partial charge in [-0.3, -0.25) is 4.79 Å². The normalized spacial score (nSPS) is 14.1. The topological polar surface area (TPSA) is 51.0 Å². The van der Waals surface area contributed by atoms with Crippen molar-refractivity contribution in [3.05, 3.63) is 71.5 Å². The van der Waals surface area contributed by atoms with Crippen LogP contribution in [0, 0.1) is 0 Å². The second-order valence-electron chi connectivity index (χ2n) is 6.26. The van der Waals surface area contributed by atoms with E-state index in [-0.39, 0.29) is 18.0 Å². The Balaban J connectivity index is 1.53. The molecule has 5 nitrogen and oxygen atoms in total. The zero-order chi connectivity index (χ0) is 19.0. The van der Waals surface area contributed by atoms with Gasteiger partial charge in [0.05, 0.1) is 12.1 Å². The predicted molar refractivity (Wildman–Crippen MR) is 91.6 cm³/mol. The van der Waals surface area contributed by atoms with Gasteiger partial charge in [-0.25, -0.2) is 0 Å². The summed E-state index contributed by atoms with van der Waals surface area (Å²) in [5.74, 6) is 1.08. The minimum absolute atomic E-state index is 0.222. The summed E-state index contributed by atoms with van der Waals surface area (Å²) in [7, 11) is 0. The smallest absolute Gasteiger partial charge is 0.329 e. The Bertz CT molecular complexity index is 965. The number of hydrogen-bond acceptors (Lipinski definition) is 3. The molecule has 2 heterocycles. The van der Waals surface area contributed by atoms with Crippen molar-refractivity contribution in [2.45, 2.75) is 19.3 Å². The maximum Gasteiger partial charge on any atom is 0.416 e. The van der Waals surface area contributed by atoms with Crippen LogP contribution < -0.4 is 0 Å². The third-order valence-corrected chi connectivity index (χ3v) is 4.53. The van der Waals surface area contributed by atoms with Crippen molar-refractivity contribution in [1.82, 2.24) is 19.7 Å². The van der Waals surface area contributed by atoms with Crippen LogP contribution in [-0.2, 0) is 19.3 Å². The fourth-order valence-electron chi connectivity index (χ4n) is 3.12. The molecule has 0 atom stereocenters. The van der Waals surface area contributed by atoms with E-state index in [2.05, 4.69) is 10.2 Å². The number of rotatable bonds is 2. The summed E-state index contributed by atoms with van der Waals surface area (Å²) >= 11 is 0. The number of benzene rings is 2. The van der Waals surface area contributed by atoms with Gasteiger partial charge >= 0.3 is 6.18 Å². The van der Waals surface area contributed by atoms with E-state index in [9.17, 15) is 18.0 Å². The van der Waals surface area contributed by atoms with Crippen molar-refractivity contribution in [2.75, 3.05) is 6.54 Å². The van der Waals surface area contributed by atoms with Crippen LogP contribution in [0.15, 0.2) is 54.6 Å². The van der Waals surface area contributed by atoms with Crippen molar-refractivity contribution in [3.63, 3.8) is 0 Å². The molecule has 1 amide bonds. The van der Waals surface area contributed by atoms with E-state index >= 15 is 0 Å². The highest BCUT2D eigenvalue weighted by molar-refractivity contribution is 5.94. The van der Waals surface area contributed by atoms with Gasteiger partial charge in [0, 0.05) is 24.2 Å². The second kappa shape index (κ2) is 6.53. The molecular weight excluding hydrogens is 357 g/mol. The summed E-state index contributed by atoms with van der Waals surface area (Å²) in [5, 5.41) is 8.40. The first kappa shape index (κ1) is 17.3. The van der Waals surface area contributed by atoms with Crippen molar-refractivity contribution in [3.8, 4) is 11.4 Å². The van der Waals surface area contributed by atoms with Gasteiger partial charge in [0.1, 0.15) is 0 Å². The van der Waals surface area contributed by atoms with Gasteiger partial charge < -0.3 is 9.47 Å². The molecule has 8 heteroatoms. The Morgan fingerprint density at radius 3 is 2.30 bits per heavy atom. The van der Waals surface area contributed by atoms with E-state index in [4.69, 9.17) is 0 Å². The molecule has 138 valence electrons. The molecule has 0 aliphatic carbocycles. The average molecular weight is 372 g/mol. The molecule has 0 saturated carbocycles. The Morgan fingerprint density at radius 1 is 0.926 bits per heavy atom. The molecule has 0 bridgehead atoms. The van der Waals surface area contributed by atoms with Crippen LogP contribution in [0.25, 0.3) is 11.4 Å². The number of halogens is 3. The third-order valence-electron chi connectivity index (χ3n) is 4.53. The number of aromatic nitrogens is 3. The van der Waals surface area contributed by atoms with Gasteiger partial charge in [-0.15, -0.1) is 10.2 Å². The third kappa shape index (κ3) is 3.30. The molecule has 1 aliphatic rings.